The zero-order chi connectivity index (χ0) is 3.54. The van der Waals surface area contributed by atoms with Gasteiger partial charge < -0.3 is 4.18 Å². The predicted octanol–water partition coefficient (Wildman–Crippen LogP) is 0.589. The summed E-state index contributed by atoms with van der Waals surface area (Å²) in [6, 6.07) is 0. The minimum absolute atomic E-state index is 0.932. The lowest BCUT2D eigenvalue weighted by Crippen LogP contribution is -1.71. The topological polar surface area (TPSA) is 9.23 Å². The number of hydrogen-bond donors (Lipinski definition) is 1. The third-order valence-corrected chi connectivity index (χ3v) is 1.23. The van der Waals surface area contributed by atoms with Gasteiger partial charge in [-0.25, -0.2) is 0 Å². The van der Waals surface area contributed by atoms with Crippen molar-refractivity contribution in [3.8, 4) is 0 Å². The van der Waals surface area contributed by atoms with Gasteiger partial charge in [-0.3, -0.25) is 0 Å². The monoisotopic (exact) mass is 90.0 g/mol. The molecule has 1 aliphatic heterocycles. The molecule has 0 unspecified atom stereocenters. The van der Waals surface area contributed by atoms with Crippen molar-refractivity contribution in [2.45, 2.75) is 6.42 Å². The van der Waals surface area contributed by atoms with Crippen LogP contribution in [0.3, 0.4) is 0 Å². The van der Waals surface area contributed by atoms with E-state index in [2.05, 4.69) is 5.37 Å². The average molecular weight is 90.1 g/mol. The van der Waals surface area contributed by atoms with Crippen LogP contribution in [0.15, 0.2) is 0 Å². The molecule has 0 atom stereocenters. The first-order valence-electron chi connectivity index (χ1n) is 1.64. The molecule has 0 saturated heterocycles. The van der Waals surface area contributed by atoms with Crippen LogP contribution in [0.25, 0.3) is 0 Å². The Balaban J connectivity index is 2.32. The van der Waals surface area contributed by atoms with Gasteiger partial charge in [0, 0.05) is 0 Å². The van der Waals surface area contributed by atoms with Gasteiger partial charge in [0.2, 0.25) is 0 Å². The number of hydrogen-bond acceptors (Lipinski definition) is 1. The van der Waals surface area contributed by atoms with Gasteiger partial charge in [0.15, 0.2) is 0 Å². The van der Waals surface area contributed by atoms with E-state index in [0.717, 1.165) is 24.7 Å². The summed E-state index contributed by atoms with van der Waals surface area (Å²) in [7, 11) is 0. The molecule has 5 heavy (non-hydrogen) atoms. The van der Waals surface area contributed by atoms with E-state index in [1.54, 1.807) is 0 Å². The van der Waals surface area contributed by atoms with Crippen molar-refractivity contribution in [2.24, 2.45) is 0 Å². The van der Waals surface area contributed by atoms with Crippen molar-refractivity contribution in [3.63, 3.8) is 0 Å². The van der Waals surface area contributed by atoms with Gasteiger partial charge in [-0.2, -0.15) is 0 Å². The van der Waals surface area contributed by atoms with Crippen LogP contribution in [-0.2, 0) is 4.18 Å². The molecule has 0 aliphatic carbocycles. The Morgan fingerprint density at radius 3 is 3.00 bits per heavy atom. The highest BCUT2D eigenvalue weighted by Crippen LogP contribution is 1.97. The van der Waals surface area contributed by atoms with E-state index in [1.807, 2.05) is 0 Å². The Kier molecular flexibility index (Phi) is 1.06. The largest absolute Gasteiger partial charge is 0.326 e. The molecule has 1 rings (SSSR count). The van der Waals surface area contributed by atoms with Crippen molar-refractivity contribution < 1.29 is 4.18 Å². The molecular weight excluding hydrogens is 84.1 g/mol. The Labute approximate surface area is 35.1 Å². The van der Waals surface area contributed by atoms with Crippen molar-refractivity contribution in [1.82, 2.24) is 0 Å². The van der Waals surface area contributed by atoms with E-state index in [4.69, 9.17) is 4.18 Å². The first-order valence-corrected chi connectivity index (χ1v) is 2.52. The first kappa shape index (κ1) is 3.37. The maximum atomic E-state index is 4.86. The molecule has 0 amide bonds. The van der Waals surface area contributed by atoms with Crippen LogP contribution in [0.4, 0.5) is 0 Å². The Morgan fingerprint density at radius 1 is 1.80 bits per heavy atom. The summed E-state index contributed by atoms with van der Waals surface area (Å²) in [6.07, 6.45) is 1.14. The molecule has 30 valence electrons. The highest BCUT2D eigenvalue weighted by Gasteiger charge is 1.83. The molecular formula is C3H6OS. The van der Waals surface area contributed by atoms with E-state index < -0.39 is 0 Å². The summed E-state index contributed by atoms with van der Waals surface area (Å²) >= 11 is 1.07. The lowest BCUT2D eigenvalue weighted by Gasteiger charge is -1.74. The quantitative estimate of drug-likeness (QED) is 0.338. The van der Waals surface area contributed by atoms with Crippen molar-refractivity contribution in [2.75, 3.05) is 6.61 Å². The lowest BCUT2D eigenvalue weighted by molar-refractivity contribution is 0.406. The summed E-state index contributed by atoms with van der Waals surface area (Å²) < 4.78 is 4.86. The van der Waals surface area contributed by atoms with Crippen LogP contribution in [0.5, 0.6) is 0 Å². The molecule has 0 radical (unpaired) electrons. The summed E-state index contributed by atoms with van der Waals surface area (Å²) in [5.74, 6) is 0. The van der Waals surface area contributed by atoms with Crippen LogP contribution in [0, 0.1) is 0 Å². The third-order valence-electron chi connectivity index (χ3n) is 0.487. The standard InChI is InChI=1S/C3H6OS/c1-2-4-5-3-1/h3,5H,1-2H2. The van der Waals surface area contributed by atoms with Crippen LogP contribution in [0.2, 0.25) is 0 Å². The molecule has 1 nitrogen and oxygen atoms in total. The van der Waals surface area contributed by atoms with Crippen molar-refractivity contribution >= 4 is 17.0 Å². The number of rotatable bonds is 0. The van der Waals surface area contributed by atoms with Crippen molar-refractivity contribution in [1.29, 1.82) is 0 Å². The molecule has 0 fully saturated rings. The minimum atomic E-state index is 0.932. The molecule has 0 aromatic heterocycles. The molecule has 0 aromatic rings. The molecule has 0 aromatic carbocycles. The van der Waals surface area contributed by atoms with Crippen LogP contribution < -0.4 is 0 Å². The van der Waals surface area contributed by atoms with Crippen molar-refractivity contribution in [3.05, 3.63) is 0 Å². The maximum absolute atomic E-state index is 4.86. The highest BCUT2D eigenvalue weighted by atomic mass is 32.2. The first-order chi connectivity index (χ1) is 2.50. The summed E-state index contributed by atoms with van der Waals surface area (Å²) in [4.78, 5) is 0. The van der Waals surface area contributed by atoms with E-state index in [-0.39, 0.29) is 0 Å². The minimum Gasteiger partial charge on any atom is -0.326 e. The van der Waals surface area contributed by atoms with Crippen LogP contribution in [0.1, 0.15) is 6.42 Å². The molecule has 0 bridgehead atoms. The molecule has 1 heterocycles. The second-order valence-electron chi connectivity index (χ2n) is 0.910. The van der Waals surface area contributed by atoms with E-state index >= 15 is 0 Å². The van der Waals surface area contributed by atoms with Gasteiger partial charge in [-0.15, -0.1) is 0 Å². The Morgan fingerprint density at radius 2 is 2.80 bits per heavy atom. The smallest absolute Gasteiger partial charge is 0.0643 e. The predicted molar refractivity (Wildman–Crippen MR) is 25.6 cm³/mol. The molecule has 1 aliphatic rings. The molecule has 0 N–H and O–H groups in total. The Hall–Kier alpha value is 0.180. The zero-order valence-electron chi connectivity index (χ0n) is 2.85. The maximum Gasteiger partial charge on any atom is 0.0643 e. The van der Waals surface area contributed by atoms with Gasteiger partial charge in [-0.05, 0) is 11.8 Å². The van der Waals surface area contributed by atoms with E-state index in [0.29, 0.717) is 0 Å². The summed E-state index contributed by atoms with van der Waals surface area (Å²) in [5, 5.41) is 2.11. The summed E-state index contributed by atoms with van der Waals surface area (Å²) in [6.45, 7) is 0.932. The average Bonchev–Trinajstić information content (AvgIpc) is 1.76. The van der Waals surface area contributed by atoms with Crippen LogP contribution in [-0.4, -0.2) is 12.0 Å². The summed E-state index contributed by atoms with van der Waals surface area (Å²) in [5.41, 5.74) is 0. The number of thiol groups is 1. The third kappa shape index (κ3) is 0.740. The van der Waals surface area contributed by atoms with Gasteiger partial charge in [0.05, 0.1) is 6.61 Å². The van der Waals surface area contributed by atoms with E-state index in [1.165, 1.54) is 0 Å². The zero-order valence-corrected chi connectivity index (χ0v) is 3.74. The molecule has 2 heteroatoms. The fourth-order valence-electron chi connectivity index (χ4n) is 0.264. The highest BCUT2D eigenvalue weighted by molar-refractivity contribution is 7.93. The van der Waals surface area contributed by atoms with Gasteiger partial charge in [0.25, 0.3) is 0 Å². The lowest BCUT2D eigenvalue weighted by atomic mass is 10.5. The van der Waals surface area contributed by atoms with Crippen LogP contribution >= 0.6 is 11.6 Å². The molecule has 0 spiro atoms. The normalized spacial score (nSPS) is 22.4. The second-order valence-corrected chi connectivity index (χ2v) is 1.74. The second kappa shape index (κ2) is 1.58. The SMILES string of the molecule is C1=[SH]OCC1. The fourth-order valence-corrected chi connectivity index (χ4v) is 0.791. The van der Waals surface area contributed by atoms with Gasteiger partial charge >= 0.3 is 0 Å². The van der Waals surface area contributed by atoms with Gasteiger partial charge in [0.1, 0.15) is 0 Å². The fraction of sp³-hybridized carbons (Fsp3) is 0.667. The molecule has 0 saturated carbocycles. The van der Waals surface area contributed by atoms with E-state index in [9.17, 15) is 0 Å². The Bertz CT molecular complexity index is 44.9. The van der Waals surface area contributed by atoms with Gasteiger partial charge in [-0.1, -0.05) is 11.6 Å².